The maximum atomic E-state index is 13.2. The molecule has 4 N–H and O–H groups in total. The van der Waals surface area contributed by atoms with Crippen LogP contribution < -0.4 is 16.0 Å². The lowest BCUT2D eigenvalue weighted by atomic mass is 9.89. The molecule has 0 spiro atoms. The molecule has 0 aliphatic carbocycles. The number of hydrogen-bond donors (Lipinski definition) is 3. The molecule has 172 valence electrons. The molecule has 2 aromatic rings. The second-order valence-electron chi connectivity index (χ2n) is 8.91. The van der Waals surface area contributed by atoms with E-state index in [0.29, 0.717) is 37.3 Å². The number of rotatable bonds is 8. The van der Waals surface area contributed by atoms with Crippen LogP contribution >= 0.6 is 0 Å². The molecule has 3 rings (SSSR count). The second-order valence-corrected chi connectivity index (χ2v) is 8.91. The zero-order valence-corrected chi connectivity index (χ0v) is 19.1. The molecule has 2 heterocycles. The lowest BCUT2D eigenvalue weighted by Crippen LogP contribution is -2.52. The Morgan fingerprint density at radius 3 is 2.44 bits per heavy atom. The van der Waals surface area contributed by atoms with E-state index in [0.717, 1.165) is 17.0 Å². The van der Waals surface area contributed by atoms with Gasteiger partial charge in [-0.25, -0.2) is 5.48 Å². The summed E-state index contributed by atoms with van der Waals surface area (Å²) in [5.41, 5.74) is 10.6. The van der Waals surface area contributed by atoms with E-state index in [4.69, 9.17) is 15.7 Å². The van der Waals surface area contributed by atoms with Crippen LogP contribution in [0.5, 0.6) is 5.75 Å². The monoisotopic (exact) mass is 440 g/mol. The Balaban J connectivity index is 1.72. The number of pyridine rings is 1. The number of likely N-dealkylation sites (tertiary alicyclic amines) is 1. The zero-order chi connectivity index (χ0) is 23.5. The summed E-state index contributed by atoms with van der Waals surface area (Å²) in [4.78, 5) is 31.3. The van der Waals surface area contributed by atoms with E-state index in [9.17, 15) is 9.59 Å². The van der Waals surface area contributed by atoms with Crippen LogP contribution in [0, 0.1) is 19.8 Å². The Hall–Kier alpha value is -2.97. The van der Waals surface area contributed by atoms with Crippen molar-refractivity contribution in [3.8, 4) is 5.75 Å². The third-order valence-corrected chi connectivity index (χ3v) is 5.79. The molecule has 0 bridgehead atoms. The highest BCUT2D eigenvalue weighted by molar-refractivity contribution is 5.94. The Labute approximate surface area is 188 Å². The Bertz CT molecular complexity index is 956. The molecule has 0 saturated carbocycles. The number of ether oxygens (including phenoxy) is 1. The van der Waals surface area contributed by atoms with Gasteiger partial charge in [0.2, 0.25) is 5.91 Å². The lowest BCUT2D eigenvalue weighted by Gasteiger charge is -2.30. The Kier molecular flexibility index (Phi) is 7.16. The van der Waals surface area contributed by atoms with Crippen molar-refractivity contribution in [2.75, 3.05) is 6.54 Å². The van der Waals surface area contributed by atoms with Gasteiger partial charge in [0, 0.05) is 17.9 Å². The van der Waals surface area contributed by atoms with Crippen molar-refractivity contribution in [2.45, 2.75) is 58.7 Å². The number of carbonyl (C=O) groups excluding carboxylic acids is 2. The summed E-state index contributed by atoms with van der Waals surface area (Å²) in [5.74, 6) is -0.0730. The predicted molar refractivity (Wildman–Crippen MR) is 120 cm³/mol. The first kappa shape index (κ1) is 23.7. The molecule has 8 nitrogen and oxygen atoms in total. The van der Waals surface area contributed by atoms with Gasteiger partial charge < -0.3 is 15.4 Å². The van der Waals surface area contributed by atoms with Gasteiger partial charge in [0.1, 0.15) is 23.9 Å². The first-order valence-electron chi connectivity index (χ1n) is 10.9. The van der Waals surface area contributed by atoms with Gasteiger partial charge in [-0.05, 0) is 68.0 Å². The third kappa shape index (κ3) is 5.08. The van der Waals surface area contributed by atoms with E-state index < -0.39 is 17.5 Å². The number of aromatic nitrogens is 1. The van der Waals surface area contributed by atoms with Crippen molar-refractivity contribution in [2.24, 2.45) is 11.7 Å². The van der Waals surface area contributed by atoms with Crippen molar-refractivity contribution in [3.05, 3.63) is 58.9 Å². The minimum absolute atomic E-state index is 0.169. The summed E-state index contributed by atoms with van der Waals surface area (Å²) >= 11 is 0. The highest BCUT2D eigenvalue weighted by atomic mass is 16.5. The molecule has 2 atom stereocenters. The van der Waals surface area contributed by atoms with Crippen LogP contribution in [0.3, 0.4) is 0 Å². The molecule has 1 aromatic carbocycles. The molecular weight excluding hydrogens is 408 g/mol. The number of amides is 2. The largest absolute Gasteiger partial charge is 0.489 e. The molecule has 0 radical (unpaired) electrons. The minimum Gasteiger partial charge on any atom is -0.489 e. The minimum atomic E-state index is -1.22. The molecule has 2 amide bonds. The average molecular weight is 441 g/mol. The van der Waals surface area contributed by atoms with E-state index in [2.05, 4.69) is 4.98 Å². The average Bonchev–Trinajstić information content (AvgIpc) is 3.05. The van der Waals surface area contributed by atoms with Crippen molar-refractivity contribution >= 4 is 11.8 Å². The second kappa shape index (κ2) is 9.67. The SMILES string of the molecule is Cc1cc(COc2ccc(C3(N)CCN(C(CC(C)C)C(=O)NO)C3=O)cc2)cc(C)n1. The molecule has 32 heavy (non-hydrogen) atoms. The number of hydroxylamine groups is 1. The molecular formula is C24H32N4O4. The fourth-order valence-electron chi connectivity index (χ4n) is 4.24. The smallest absolute Gasteiger partial charge is 0.266 e. The number of nitrogens with two attached hydrogens (primary N) is 1. The molecule has 1 aliphatic heterocycles. The molecule has 1 aromatic heterocycles. The standard InChI is InChI=1S/C24H32N4O4/c1-15(2)11-21(22(29)27-31)28-10-9-24(25,23(28)30)19-5-7-20(8-6-19)32-14-18-12-16(3)26-17(4)13-18/h5-8,12-13,15,21,31H,9-11,14,25H2,1-4H3,(H,27,29). The summed E-state index contributed by atoms with van der Waals surface area (Å²) < 4.78 is 5.88. The quantitative estimate of drug-likeness (QED) is 0.429. The summed E-state index contributed by atoms with van der Waals surface area (Å²) in [6.45, 7) is 8.58. The number of nitrogens with zero attached hydrogens (tertiary/aromatic N) is 2. The number of benzene rings is 1. The lowest BCUT2D eigenvalue weighted by molar-refractivity contribution is -0.144. The molecule has 1 fully saturated rings. The van der Waals surface area contributed by atoms with Crippen LogP contribution in [0.2, 0.25) is 0 Å². The van der Waals surface area contributed by atoms with Crippen LogP contribution in [0.1, 0.15) is 49.2 Å². The topological polar surface area (TPSA) is 118 Å². The number of hydrogen-bond acceptors (Lipinski definition) is 6. The van der Waals surface area contributed by atoms with Gasteiger partial charge in [-0.2, -0.15) is 0 Å². The van der Waals surface area contributed by atoms with Gasteiger partial charge in [-0.1, -0.05) is 26.0 Å². The Morgan fingerprint density at radius 2 is 1.88 bits per heavy atom. The van der Waals surface area contributed by atoms with Crippen LogP contribution in [-0.2, 0) is 21.7 Å². The van der Waals surface area contributed by atoms with Crippen LogP contribution in [0.15, 0.2) is 36.4 Å². The fourth-order valence-corrected chi connectivity index (χ4v) is 4.24. The molecule has 2 unspecified atom stereocenters. The van der Waals surface area contributed by atoms with Gasteiger partial charge >= 0.3 is 0 Å². The van der Waals surface area contributed by atoms with Crippen LogP contribution in [0.4, 0.5) is 0 Å². The number of aryl methyl sites for hydroxylation is 2. The van der Waals surface area contributed by atoms with Crippen molar-refractivity contribution in [1.82, 2.24) is 15.4 Å². The number of carbonyl (C=O) groups is 2. The summed E-state index contributed by atoms with van der Waals surface area (Å²) in [5, 5.41) is 9.12. The highest BCUT2D eigenvalue weighted by Gasteiger charge is 2.48. The van der Waals surface area contributed by atoms with E-state index >= 15 is 0 Å². The molecule has 8 heteroatoms. The fraction of sp³-hybridized carbons (Fsp3) is 0.458. The van der Waals surface area contributed by atoms with E-state index in [1.165, 1.54) is 4.90 Å². The number of nitrogens with one attached hydrogen (secondary N) is 1. The van der Waals surface area contributed by atoms with E-state index in [1.54, 1.807) is 29.7 Å². The van der Waals surface area contributed by atoms with Gasteiger partial charge in [0.15, 0.2) is 0 Å². The van der Waals surface area contributed by atoms with Crippen molar-refractivity contribution in [1.29, 1.82) is 0 Å². The first-order valence-corrected chi connectivity index (χ1v) is 10.9. The summed E-state index contributed by atoms with van der Waals surface area (Å²) in [6, 6.07) is 10.4. The molecule has 1 aliphatic rings. The third-order valence-electron chi connectivity index (χ3n) is 5.79. The molecule has 1 saturated heterocycles. The van der Waals surface area contributed by atoms with Crippen LogP contribution in [0.25, 0.3) is 0 Å². The van der Waals surface area contributed by atoms with Gasteiger partial charge in [0.05, 0.1) is 0 Å². The highest BCUT2D eigenvalue weighted by Crippen LogP contribution is 2.34. The summed E-state index contributed by atoms with van der Waals surface area (Å²) in [7, 11) is 0. The Morgan fingerprint density at radius 1 is 1.25 bits per heavy atom. The van der Waals surface area contributed by atoms with Crippen molar-refractivity contribution < 1.29 is 19.5 Å². The normalized spacial score (nSPS) is 19.3. The van der Waals surface area contributed by atoms with Crippen molar-refractivity contribution in [3.63, 3.8) is 0 Å². The maximum Gasteiger partial charge on any atom is 0.266 e. The maximum absolute atomic E-state index is 13.2. The van der Waals surface area contributed by atoms with Gasteiger partial charge in [-0.15, -0.1) is 0 Å². The van der Waals surface area contributed by atoms with Crippen LogP contribution in [-0.4, -0.2) is 39.5 Å². The van der Waals surface area contributed by atoms with Gasteiger partial charge in [-0.3, -0.25) is 19.8 Å². The first-order chi connectivity index (χ1) is 15.1. The van der Waals surface area contributed by atoms with Gasteiger partial charge in [0.25, 0.3) is 5.91 Å². The predicted octanol–water partition coefficient (Wildman–Crippen LogP) is 2.58. The zero-order valence-electron chi connectivity index (χ0n) is 19.1. The summed E-state index contributed by atoms with van der Waals surface area (Å²) in [6.07, 6.45) is 0.823. The van der Waals surface area contributed by atoms with E-state index in [1.807, 2.05) is 39.8 Å². The van der Waals surface area contributed by atoms with E-state index in [-0.39, 0.29) is 11.8 Å².